The Hall–Kier alpha value is -2.04. The van der Waals surface area contributed by atoms with Gasteiger partial charge in [-0.05, 0) is 29.7 Å². The minimum Gasteiger partial charge on any atom is -0.368 e. The zero-order valence-electron chi connectivity index (χ0n) is 13.0. The van der Waals surface area contributed by atoms with Gasteiger partial charge in [0.2, 0.25) is 11.8 Å². The third-order valence-electron chi connectivity index (χ3n) is 3.63. The van der Waals surface area contributed by atoms with Crippen molar-refractivity contribution >= 4 is 35.0 Å². The summed E-state index contributed by atoms with van der Waals surface area (Å²) in [6, 6.07) is 13.9. The first-order chi connectivity index (χ1) is 11.5. The lowest BCUT2D eigenvalue weighted by atomic mass is 10.0. The van der Waals surface area contributed by atoms with Crippen LogP contribution in [0.2, 0.25) is 10.0 Å². The van der Waals surface area contributed by atoms with Crippen molar-refractivity contribution in [3.05, 3.63) is 69.7 Å². The van der Waals surface area contributed by atoms with Gasteiger partial charge in [0.15, 0.2) is 0 Å². The molecule has 1 atom stereocenters. The summed E-state index contributed by atoms with van der Waals surface area (Å²) in [6.45, 7) is 0. The van der Waals surface area contributed by atoms with Crippen LogP contribution < -0.4 is 11.1 Å². The summed E-state index contributed by atoms with van der Waals surface area (Å²) in [5.41, 5.74) is 7.04. The average Bonchev–Trinajstić information content (AvgIpc) is 2.56. The smallest absolute Gasteiger partial charge is 0.240 e. The minimum atomic E-state index is -0.856. The van der Waals surface area contributed by atoms with E-state index in [9.17, 15) is 9.59 Å². The predicted molar refractivity (Wildman–Crippen MR) is 96.1 cm³/mol. The molecule has 4 nitrogen and oxygen atoms in total. The number of hydrogen-bond acceptors (Lipinski definition) is 2. The molecule has 0 saturated heterocycles. The maximum absolute atomic E-state index is 12.1. The summed E-state index contributed by atoms with van der Waals surface area (Å²) in [7, 11) is 0. The molecule has 0 fully saturated rings. The van der Waals surface area contributed by atoms with Crippen LogP contribution in [0.3, 0.4) is 0 Å². The summed E-state index contributed by atoms with van der Waals surface area (Å²) in [4.78, 5) is 23.8. The van der Waals surface area contributed by atoms with Gasteiger partial charge in [0.05, 0.1) is 0 Å². The molecule has 2 aromatic carbocycles. The van der Waals surface area contributed by atoms with Crippen molar-refractivity contribution in [1.29, 1.82) is 0 Å². The van der Waals surface area contributed by atoms with Crippen molar-refractivity contribution in [2.24, 2.45) is 5.73 Å². The number of hydrogen-bond donors (Lipinski definition) is 2. The Morgan fingerprint density at radius 3 is 2.21 bits per heavy atom. The number of aryl methyl sites for hydroxylation is 1. The summed E-state index contributed by atoms with van der Waals surface area (Å²) in [5.74, 6) is -0.870. The third kappa shape index (κ3) is 5.25. The number of primary amides is 1. The molecule has 0 aliphatic rings. The van der Waals surface area contributed by atoms with Crippen molar-refractivity contribution < 1.29 is 9.59 Å². The van der Waals surface area contributed by atoms with Gasteiger partial charge in [0.1, 0.15) is 6.04 Å². The van der Waals surface area contributed by atoms with Crippen LogP contribution in [0, 0.1) is 0 Å². The van der Waals surface area contributed by atoms with Crippen LogP contribution in [0.4, 0.5) is 0 Å². The second-order valence-electron chi connectivity index (χ2n) is 5.41. The van der Waals surface area contributed by atoms with E-state index < -0.39 is 11.9 Å². The zero-order chi connectivity index (χ0) is 17.5. The SMILES string of the molecule is NC(=O)[C@H](Cc1c(Cl)cccc1Cl)NC(=O)CCc1ccccc1. The molecule has 6 heteroatoms. The molecule has 2 amide bonds. The molecular weight excluding hydrogens is 347 g/mol. The number of nitrogens with two attached hydrogens (primary N) is 1. The fraction of sp³-hybridized carbons (Fsp3) is 0.222. The van der Waals surface area contributed by atoms with E-state index in [1.807, 2.05) is 30.3 Å². The number of benzene rings is 2. The number of carbonyl (C=O) groups excluding carboxylic acids is 2. The Labute approximate surface area is 150 Å². The predicted octanol–water partition coefficient (Wildman–Crippen LogP) is 3.14. The molecule has 0 aliphatic carbocycles. The number of rotatable bonds is 7. The van der Waals surface area contributed by atoms with Crippen LogP contribution in [0.5, 0.6) is 0 Å². The maximum Gasteiger partial charge on any atom is 0.240 e. The van der Waals surface area contributed by atoms with E-state index in [4.69, 9.17) is 28.9 Å². The summed E-state index contributed by atoms with van der Waals surface area (Å²) in [5, 5.41) is 3.53. The molecule has 2 aromatic rings. The molecule has 2 rings (SSSR count). The lowest BCUT2D eigenvalue weighted by Crippen LogP contribution is -2.46. The number of carbonyl (C=O) groups is 2. The van der Waals surface area contributed by atoms with Crippen molar-refractivity contribution in [2.75, 3.05) is 0 Å². The van der Waals surface area contributed by atoms with E-state index in [0.29, 0.717) is 22.0 Å². The second kappa shape index (κ2) is 8.71. The van der Waals surface area contributed by atoms with E-state index in [-0.39, 0.29) is 18.7 Å². The van der Waals surface area contributed by atoms with Crippen LogP contribution in [-0.2, 0) is 22.4 Å². The second-order valence-corrected chi connectivity index (χ2v) is 6.23. The average molecular weight is 365 g/mol. The molecule has 126 valence electrons. The van der Waals surface area contributed by atoms with Gasteiger partial charge in [-0.3, -0.25) is 9.59 Å². The quantitative estimate of drug-likeness (QED) is 0.791. The highest BCUT2D eigenvalue weighted by atomic mass is 35.5. The van der Waals surface area contributed by atoms with Crippen molar-refractivity contribution in [3.63, 3.8) is 0 Å². The van der Waals surface area contributed by atoms with Gasteiger partial charge in [0.25, 0.3) is 0 Å². The highest BCUT2D eigenvalue weighted by molar-refractivity contribution is 6.36. The third-order valence-corrected chi connectivity index (χ3v) is 4.34. The minimum absolute atomic E-state index is 0.158. The fourth-order valence-corrected chi connectivity index (χ4v) is 2.88. The lowest BCUT2D eigenvalue weighted by molar-refractivity contribution is -0.127. The molecule has 0 bridgehead atoms. The summed E-state index contributed by atoms with van der Waals surface area (Å²) >= 11 is 12.2. The Bertz CT molecular complexity index is 700. The van der Waals surface area contributed by atoms with Gasteiger partial charge in [0, 0.05) is 22.9 Å². The van der Waals surface area contributed by atoms with E-state index >= 15 is 0 Å². The standard InChI is InChI=1S/C18H18Cl2N2O2/c19-14-7-4-8-15(20)13(14)11-16(18(21)24)22-17(23)10-9-12-5-2-1-3-6-12/h1-8,16H,9-11H2,(H2,21,24)(H,22,23)/t16-/m0/s1. The number of amides is 2. The van der Waals surface area contributed by atoms with E-state index in [0.717, 1.165) is 5.56 Å². The van der Waals surface area contributed by atoms with Crippen LogP contribution in [0.15, 0.2) is 48.5 Å². The van der Waals surface area contributed by atoms with Gasteiger partial charge < -0.3 is 11.1 Å². The molecule has 0 unspecified atom stereocenters. The fourth-order valence-electron chi connectivity index (χ4n) is 2.32. The van der Waals surface area contributed by atoms with E-state index in [2.05, 4.69) is 5.32 Å². The maximum atomic E-state index is 12.1. The van der Waals surface area contributed by atoms with Crippen molar-refractivity contribution in [1.82, 2.24) is 5.32 Å². The van der Waals surface area contributed by atoms with Crippen LogP contribution >= 0.6 is 23.2 Å². The van der Waals surface area contributed by atoms with Crippen molar-refractivity contribution in [3.8, 4) is 0 Å². The topological polar surface area (TPSA) is 72.2 Å². The van der Waals surface area contributed by atoms with E-state index in [1.54, 1.807) is 18.2 Å². The van der Waals surface area contributed by atoms with Crippen molar-refractivity contribution in [2.45, 2.75) is 25.3 Å². The largest absolute Gasteiger partial charge is 0.368 e. The normalized spacial score (nSPS) is 11.8. The molecule has 0 spiro atoms. The Balaban J connectivity index is 1.98. The molecule has 0 heterocycles. The van der Waals surface area contributed by atoms with Crippen LogP contribution in [-0.4, -0.2) is 17.9 Å². The Kier molecular flexibility index (Phi) is 6.64. The summed E-state index contributed by atoms with van der Waals surface area (Å²) in [6.07, 6.45) is 1.01. The Morgan fingerprint density at radius 2 is 1.62 bits per heavy atom. The molecule has 0 radical (unpaired) electrons. The molecular formula is C18H18Cl2N2O2. The van der Waals surface area contributed by atoms with Crippen LogP contribution in [0.1, 0.15) is 17.5 Å². The Morgan fingerprint density at radius 1 is 1.00 bits per heavy atom. The summed E-state index contributed by atoms with van der Waals surface area (Å²) < 4.78 is 0. The van der Waals surface area contributed by atoms with E-state index in [1.165, 1.54) is 0 Å². The molecule has 0 saturated carbocycles. The van der Waals surface area contributed by atoms with Gasteiger partial charge in [-0.15, -0.1) is 0 Å². The number of halogens is 2. The monoisotopic (exact) mass is 364 g/mol. The molecule has 3 N–H and O–H groups in total. The first kappa shape index (κ1) is 18.3. The number of nitrogens with one attached hydrogen (secondary N) is 1. The van der Waals surface area contributed by atoms with Gasteiger partial charge in [-0.2, -0.15) is 0 Å². The molecule has 24 heavy (non-hydrogen) atoms. The van der Waals surface area contributed by atoms with Gasteiger partial charge in [-0.1, -0.05) is 59.6 Å². The molecule has 0 aliphatic heterocycles. The first-order valence-corrected chi connectivity index (χ1v) is 8.28. The van der Waals surface area contributed by atoms with Crippen LogP contribution in [0.25, 0.3) is 0 Å². The lowest BCUT2D eigenvalue weighted by Gasteiger charge is -2.17. The van der Waals surface area contributed by atoms with Gasteiger partial charge in [-0.25, -0.2) is 0 Å². The highest BCUT2D eigenvalue weighted by Crippen LogP contribution is 2.25. The molecule has 0 aromatic heterocycles. The highest BCUT2D eigenvalue weighted by Gasteiger charge is 2.21. The van der Waals surface area contributed by atoms with Gasteiger partial charge >= 0.3 is 0 Å². The first-order valence-electron chi connectivity index (χ1n) is 7.53. The zero-order valence-corrected chi connectivity index (χ0v) is 14.5.